The maximum atomic E-state index is 11.8. The van der Waals surface area contributed by atoms with Crippen molar-refractivity contribution < 1.29 is 4.79 Å². The maximum Gasteiger partial charge on any atom is 0.234 e. The molecule has 0 fully saturated rings. The molecule has 0 aliphatic heterocycles. The fourth-order valence-electron chi connectivity index (χ4n) is 1.71. The van der Waals surface area contributed by atoms with Gasteiger partial charge in [0.05, 0.1) is 6.54 Å². The Morgan fingerprint density at radius 2 is 2.00 bits per heavy atom. The third kappa shape index (κ3) is 8.48. The highest BCUT2D eigenvalue weighted by atomic mass is 16.2. The Morgan fingerprint density at radius 3 is 2.44 bits per heavy atom. The van der Waals surface area contributed by atoms with Crippen LogP contribution in [0.2, 0.25) is 0 Å². The van der Waals surface area contributed by atoms with Crippen LogP contribution in [0.4, 0.5) is 0 Å². The van der Waals surface area contributed by atoms with Crippen molar-refractivity contribution in [3.05, 3.63) is 0 Å². The van der Waals surface area contributed by atoms with E-state index >= 15 is 0 Å². The van der Waals surface area contributed by atoms with E-state index in [4.69, 9.17) is 5.73 Å². The van der Waals surface area contributed by atoms with Crippen molar-refractivity contribution in [2.75, 3.05) is 32.7 Å². The van der Waals surface area contributed by atoms with Crippen molar-refractivity contribution in [3.63, 3.8) is 0 Å². The van der Waals surface area contributed by atoms with Gasteiger partial charge in [-0.2, -0.15) is 0 Å². The summed E-state index contributed by atoms with van der Waals surface area (Å²) in [5.41, 5.74) is 5.79. The standard InChI is InChI=1S/C14H31N3O/c1-6-17(11-14(4,5)10-15)9-13(18)16-8-7-12(2)3/h12H,6-11,15H2,1-5H3,(H,16,18). The number of nitrogens with two attached hydrogens (primary N) is 1. The van der Waals surface area contributed by atoms with Gasteiger partial charge in [-0.15, -0.1) is 0 Å². The Balaban J connectivity index is 4.01. The van der Waals surface area contributed by atoms with Crippen molar-refractivity contribution in [1.29, 1.82) is 0 Å². The van der Waals surface area contributed by atoms with Crippen molar-refractivity contribution in [1.82, 2.24) is 10.2 Å². The van der Waals surface area contributed by atoms with E-state index in [-0.39, 0.29) is 11.3 Å². The van der Waals surface area contributed by atoms with E-state index in [1.807, 2.05) is 0 Å². The van der Waals surface area contributed by atoms with Crippen LogP contribution in [0.25, 0.3) is 0 Å². The van der Waals surface area contributed by atoms with E-state index in [1.54, 1.807) is 0 Å². The second-order valence-corrected chi connectivity index (χ2v) is 6.20. The van der Waals surface area contributed by atoms with Gasteiger partial charge in [-0.3, -0.25) is 9.69 Å². The van der Waals surface area contributed by atoms with E-state index in [1.165, 1.54) is 0 Å². The number of hydrogen-bond acceptors (Lipinski definition) is 3. The Kier molecular flexibility index (Phi) is 8.20. The van der Waals surface area contributed by atoms with Crippen molar-refractivity contribution in [2.45, 2.75) is 41.0 Å². The van der Waals surface area contributed by atoms with Crippen LogP contribution in [-0.4, -0.2) is 43.5 Å². The number of likely N-dealkylation sites (N-methyl/N-ethyl adjacent to an activating group) is 1. The summed E-state index contributed by atoms with van der Waals surface area (Å²) in [4.78, 5) is 13.9. The Labute approximate surface area is 112 Å². The van der Waals surface area contributed by atoms with E-state index < -0.39 is 0 Å². The summed E-state index contributed by atoms with van der Waals surface area (Å²) in [7, 11) is 0. The Bertz CT molecular complexity index is 239. The van der Waals surface area contributed by atoms with Crippen molar-refractivity contribution >= 4 is 5.91 Å². The molecule has 1 amide bonds. The van der Waals surface area contributed by atoms with Crippen LogP contribution in [0.15, 0.2) is 0 Å². The average molecular weight is 257 g/mol. The Morgan fingerprint density at radius 1 is 1.39 bits per heavy atom. The van der Waals surface area contributed by atoms with E-state index in [9.17, 15) is 4.79 Å². The zero-order valence-corrected chi connectivity index (χ0v) is 12.8. The molecule has 18 heavy (non-hydrogen) atoms. The topological polar surface area (TPSA) is 58.4 Å². The van der Waals surface area contributed by atoms with E-state index in [2.05, 4.69) is 44.8 Å². The van der Waals surface area contributed by atoms with Gasteiger partial charge in [-0.1, -0.05) is 34.6 Å². The first-order valence-electron chi connectivity index (χ1n) is 7.00. The summed E-state index contributed by atoms with van der Waals surface area (Å²) in [6.45, 7) is 14.3. The predicted octanol–water partition coefficient (Wildman–Crippen LogP) is 1.46. The van der Waals surface area contributed by atoms with E-state index in [0.717, 1.165) is 26.1 Å². The quantitative estimate of drug-likeness (QED) is 0.657. The molecular weight excluding hydrogens is 226 g/mol. The molecule has 0 aromatic carbocycles. The van der Waals surface area contributed by atoms with Gasteiger partial charge in [0, 0.05) is 13.1 Å². The minimum Gasteiger partial charge on any atom is -0.355 e. The molecule has 0 aromatic rings. The summed E-state index contributed by atoms with van der Waals surface area (Å²) in [6, 6.07) is 0. The second kappa shape index (κ2) is 8.48. The highest BCUT2D eigenvalue weighted by molar-refractivity contribution is 5.77. The molecule has 108 valence electrons. The molecule has 0 saturated carbocycles. The molecule has 4 heteroatoms. The number of hydrogen-bond donors (Lipinski definition) is 2. The summed E-state index contributed by atoms with van der Waals surface area (Å²) < 4.78 is 0. The van der Waals surface area contributed by atoms with Gasteiger partial charge >= 0.3 is 0 Å². The number of nitrogens with zero attached hydrogens (tertiary/aromatic N) is 1. The minimum atomic E-state index is 0.0637. The number of rotatable bonds is 9. The lowest BCUT2D eigenvalue weighted by Crippen LogP contribution is -2.44. The molecule has 0 rings (SSSR count). The molecule has 0 spiro atoms. The molecule has 0 aliphatic rings. The molecule has 0 unspecified atom stereocenters. The normalized spacial score (nSPS) is 12.2. The molecule has 0 heterocycles. The van der Waals surface area contributed by atoms with Gasteiger partial charge in [0.25, 0.3) is 0 Å². The number of amides is 1. The fraction of sp³-hybridized carbons (Fsp3) is 0.929. The number of carbonyl (C=O) groups is 1. The van der Waals surface area contributed by atoms with Gasteiger partial charge in [0.1, 0.15) is 0 Å². The molecule has 3 N–H and O–H groups in total. The minimum absolute atomic E-state index is 0.0637. The molecule has 0 bridgehead atoms. The van der Waals surface area contributed by atoms with Gasteiger partial charge in [-0.25, -0.2) is 0 Å². The van der Waals surface area contributed by atoms with Crippen LogP contribution in [0.1, 0.15) is 41.0 Å². The second-order valence-electron chi connectivity index (χ2n) is 6.20. The highest BCUT2D eigenvalue weighted by Crippen LogP contribution is 2.14. The number of nitrogens with one attached hydrogen (secondary N) is 1. The summed E-state index contributed by atoms with van der Waals surface area (Å²) in [5, 5.41) is 2.97. The monoisotopic (exact) mass is 257 g/mol. The van der Waals surface area contributed by atoms with E-state index in [0.29, 0.717) is 19.0 Å². The zero-order valence-electron chi connectivity index (χ0n) is 12.8. The van der Waals surface area contributed by atoms with Gasteiger partial charge in [0.2, 0.25) is 5.91 Å². The molecule has 4 nitrogen and oxygen atoms in total. The summed E-state index contributed by atoms with van der Waals surface area (Å²) >= 11 is 0. The molecule has 0 atom stereocenters. The average Bonchev–Trinajstić information content (AvgIpc) is 2.27. The van der Waals surface area contributed by atoms with Crippen molar-refractivity contribution in [3.8, 4) is 0 Å². The van der Waals surface area contributed by atoms with Crippen LogP contribution in [0.5, 0.6) is 0 Å². The van der Waals surface area contributed by atoms with Crippen LogP contribution in [-0.2, 0) is 4.79 Å². The van der Waals surface area contributed by atoms with Crippen LogP contribution >= 0.6 is 0 Å². The lowest BCUT2D eigenvalue weighted by atomic mass is 9.93. The zero-order chi connectivity index (χ0) is 14.2. The SMILES string of the molecule is CCN(CC(=O)NCCC(C)C)CC(C)(C)CN. The molecule has 0 aromatic heterocycles. The number of carbonyl (C=O) groups excluding carboxylic acids is 1. The summed E-state index contributed by atoms with van der Waals surface area (Å²) in [6.07, 6.45) is 1.03. The highest BCUT2D eigenvalue weighted by Gasteiger charge is 2.20. The fourth-order valence-corrected chi connectivity index (χ4v) is 1.71. The van der Waals surface area contributed by atoms with Gasteiger partial charge in [0.15, 0.2) is 0 Å². The first-order chi connectivity index (χ1) is 8.30. The third-order valence-electron chi connectivity index (χ3n) is 3.06. The lowest BCUT2D eigenvalue weighted by Gasteiger charge is -2.30. The largest absolute Gasteiger partial charge is 0.355 e. The molecule has 0 aliphatic carbocycles. The Hall–Kier alpha value is -0.610. The van der Waals surface area contributed by atoms with Gasteiger partial charge in [-0.05, 0) is 30.8 Å². The molecule has 0 radical (unpaired) electrons. The van der Waals surface area contributed by atoms with Crippen LogP contribution in [0.3, 0.4) is 0 Å². The first-order valence-corrected chi connectivity index (χ1v) is 7.00. The lowest BCUT2D eigenvalue weighted by molar-refractivity contribution is -0.122. The predicted molar refractivity (Wildman–Crippen MR) is 77.4 cm³/mol. The molecule has 0 saturated heterocycles. The maximum absolute atomic E-state index is 11.8. The smallest absolute Gasteiger partial charge is 0.234 e. The van der Waals surface area contributed by atoms with Crippen molar-refractivity contribution in [2.24, 2.45) is 17.1 Å². The van der Waals surface area contributed by atoms with Crippen LogP contribution < -0.4 is 11.1 Å². The third-order valence-corrected chi connectivity index (χ3v) is 3.06. The first kappa shape index (κ1) is 17.4. The van der Waals surface area contributed by atoms with Crippen LogP contribution in [0, 0.1) is 11.3 Å². The summed E-state index contributed by atoms with van der Waals surface area (Å²) in [5.74, 6) is 0.745. The molecular formula is C14H31N3O. The van der Waals surface area contributed by atoms with Gasteiger partial charge < -0.3 is 11.1 Å².